The summed E-state index contributed by atoms with van der Waals surface area (Å²) in [7, 11) is 2.09. The number of likely N-dealkylation sites (tertiary alicyclic amines) is 1. The number of ether oxygens (including phenoxy) is 1. The lowest BCUT2D eigenvalue weighted by molar-refractivity contribution is -0.138. The highest BCUT2D eigenvalue weighted by Gasteiger charge is 2.53. The van der Waals surface area contributed by atoms with Gasteiger partial charge in [0.25, 0.3) is 5.91 Å². The highest BCUT2D eigenvalue weighted by atomic mass is 32.1. The summed E-state index contributed by atoms with van der Waals surface area (Å²) < 4.78 is 21.1. The standard InChI is InChI=1S/C30H40FN5O4S/c1-17(2)12-23(29(39)36-14-21(18(3)4)27-26(36)25(37)15-40-27)32-28(38)19-6-7-20(22(31)13-19)24-16-41-30(33-24)35-10-8-34(5)9-11-35/h6-7,13,16-18,21,23,26-27H,8-12,14-15H2,1-5H3,(H,32,38). The van der Waals surface area contributed by atoms with Gasteiger partial charge in [-0.15, -0.1) is 11.3 Å². The molecule has 2 aromatic rings. The Morgan fingerprint density at radius 3 is 2.56 bits per heavy atom. The zero-order chi connectivity index (χ0) is 29.4. The minimum atomic E-state index is -0.838. The fourth-order valence-corrected chi connectivity index (χ4v) is 6.92. The lowest BCUT2D eigenvalue weighted by atomic mass is 9.91. The Hall–Kier alpha value is -2.89. The number of aromatic nitrogens is 1. The molecule has 4 heterocycles. The van der Waals surface area contributed by atoms with Gasteiger partial charge in [-0.2, -0.15) is 0 Å². The number of amides is 2. The molecule has 41 heavy (non-hydrogen) atoms. The van der Waals surface area contributed by atoms with E-state index >= 15 is 4.39 Å². The van der Waals surface area contributed by atoms with Crippen molar-refractivity contribution in [1.29, 1.82) is 0 Å². The second-order valence-corrected chi connectivity index (χ2v) is 13.1. The third kappa shape index (κ3) is 6.17. The maximum absolute atomic E-state index is 15.3. The summed E-state index contributed by atoms with van der Waals surface area (Å²) in [6, 6.07) is 2.88. The number of ketones is 1. The number of likely N-dealkylation sites (N-methyl/N-ethyl adjacent to an activating group) is 1. The van der Waals surface area contributed by atoms with Gasteiger partial charge in [0.15, 0.2) is 10.9 Å². The number of hydrogen-bond donors (Lipinski definition) is 1. The molecule has 1 N–H and O–H groups in total. The summed E-state index contributed by atoms with van der Waals surface area (Å²) in [5.41, 5.74) is 0.991. The first-order chi connectivity index (χ1) is 19.5. The van der Waals surface area contributed by atoms with Crippen LogP contribution in [0.25, 0.3) is 11.3 Å². The van der Waals surface area contributed by atoms with Crippen molar-refractivity contribution in [3.63, 3.8) is 0 Å². The zero-order valence-corrected chi connectivity index (χ0v) is 25.2. The predicted octanol–water partition coefficient (Wildman–Crippen LogP) is 3.30. The lowest BCUT2D eigenvalue weighted by Gasteiger charge is -2.32. The van der Waals surface area contributed by atoms with Crippen molar-refractivity contribution < 1.29 is 23.5 Å². The normalized spacial score (nSPS) is 23.9. The number of anilines is 1. The Bertz CT molecular complexity index is 1290. The molecule has 0 aliphatic carbocycles. The van der Waals surface area contributed by atoms with E-state index in [9.17, 15) is 14.4 Å². The molecule has 4 atom stereocenters. The Morgan fingerprint density at radius 2 is 1.90 bits per heavy atom. The molecule has 1 aromatic heterocycles. The van der Waals surface area contributed by atoms with Crippen LogP contribution in [0.15, 0.2) is 23.6 Å². The Labute approximate surface area is 245 Å². The number of Topliss-reactive ketones (excluding diaryl/α,β-unsaturated/α-hetero) is 1. The maximum atomic E-state index is 15.3. The van der Waals surface area contributed by atoms with E-state index in [2.05, 4.69) is 41.0 Å². The van der Waals surface area contributed by atoms with Crippen LogP contribution in [0.4, 0.5) is 9.52 Å². The van der Waals surface area contributed by atoms with Crippen molar-refractivity contribution >= 4 is 34.1 Å². The molecule has 3 aliphatic heterocycles. The summed E-state index contributed by atoms with van der Waals surface area (Å²) in [6.45, 7) is 12.1. The van der Waals surface area contributed by atoms with Gasteiger partial charge >= 0.3 is 0 Å². The molecule has 222 valence electrons. The average Bonchev–Trinajstić information content (AvgIpc) is 3.65. The lowest BCUT2D eigenvalue weighted by Crippen LogP contribution is -2.52. The number of halogens is 1. The van der Waals surface area contributed by atoms with E-state index in [1.807, 2.05) is 19.2 Å². The second-order valence-electron chi connectivity index (χ2n) is 12.2. The molecule has 4 unspecified atom stereocenters. The van der Waals surface area contributed by atoms with Gasteiger partial charge in [-0.3, -0.25) is 14.4 Å². The van der Waals surface area contributed by atoms with Crippen LogP contribution in [0.2, 0.25) is 0 Å². The number of thiazole rings is 1. The molecule has 5 rings (SSSR count). The van der Waals surface area contributed by atoms with E-state index in [1.165, 1.54) is 17.4 Å². The summed E-state index contributed by atoms with van der Waals surface area (Å²) in [5, 5.41) is 5.54. The van der Waals surface area contributed by atoms with Gasteiger partial charge in [0.05, 0.1) is 11.8 Å². The number of carbonyl (C=O) groups excluding carboxylic acids is 3. The summed E-state index contributed by atoms with van der Waals surface area (Å²) >= 11 is 1.48. The van der Waals surface area contributed by atoms with Crippen LogP contribution in [0, 0.1) is 23.6 Å². The van der Waals surface area contributed by atoms with Crippen LogP contribution in [0.5, 0.6) is 0 Å². The Balaban J connectivity index is 1.30. The van der Waals surface area contributed by atoms with Crippen molar-refractivity contribution in [2.24, 2.45) is 17.8 Å². The third-order valence-corrected chi connectivity index (χ3v) is 9.35. The minimum absolute atomic E-state index is 0.00498. The molecule has 3 saturated heterocycles. The van der Waals surface area contributed by atoms with E-state index < -0.39 is 23.8 Å². The highest BCUT2D eigenvalue weighted by Crippen LogP contribution is 2.36. The quantitative estimate of drug-likeness (QED) is 0.508. The fraction of sp³-hybridized carbons (Fsp3) is 0.600. The number of nitrogens with one attached hydrogen (secondary N) is 1. The first-order valence-corrected chi connectivity index (χ1v) is 15.4. The molecule has 0 bridgehead atoms. The van der Waals surface area contributed by atoms with Gasteiger partial charge in [-0.25, -0.2) is 9.37 Å². The topological polar surface area (TPSA) is 95.1 Å². The van der Waals surface area contributed by atoms with Gasteiger partial charge in [-0.1, -0.05) is 27.7 Å². The largest absolute Gasteiger partial charge is 0.367 e. The van der Waals surface area contributed by atoms with Crippen LogP contribution in [-0.4, -0.2) is 96.9 Å². The van der Waals surface area contributed by atoms with Crippen LogP contribution in [0.1, 0.15) is 44.5 Å². The van der Waals surface area contributed by atoms with Crippen molar-refractivity contribution in [2.75, 3.05) is 51.3 Å². The Morgan fingerprint density at radius 1 is 1.17 bits per heavy atom. The van der Waals surface area contributed by atoms with E-state index in [1.54, 1.807) is 17.0 Å². The van der Waals surface area contributed by atoms with Crippen LogP contribution >= 0.6 is 11.3 Å². The fourth-order valence-electron chi connectivity index (χ4n) is 6.04. The molecule has 1 aromatic carbocycles. The number of nitrogens with zero attached hydrogens (tertiary/aromatic N) is 4. The van der Waals surface area contributed by atoms with E-state index in [-0.39, 0.29) is 47.7 Å². The van der Waals surface area contributed by atoms with Gasteiger partial charge in [0, 0.05) is 55.1 Å². The van der Waals surface area contributed by atoms with Crippen molar-refractivity contribution in [2.45, 2.75) is 52.3 Å². The monoisotopic (exact) mass is 585 g/mol. The first kappa shape index (κ1) is 29.6. The molecule has 11 heteroatoms. The summed E-state index contributed by atoms with van der Waals surface area (Å²) in [5.74, 6) is -1.07. The number of fused-ring (bicyclic) bond motifs is 1. The van der Waals surface area contributed by atoms with E-state index in [4.69, 9.17) is 4.74 Å². The van der Waals surface area contributed by atoms with Gasteiger partial charge in [0.1, 0.15) is 24.5 Å². The first-order valence-electron chi connectivity index (χ1n) is 14.5. The number of carbonyl (C=O) groups is 3. The number of piperazine rings is 1. The smallest absolute Gasteiger partial charge is 0.252 e. The SMILES string of the molecule is CC(C)CC(NC(=O)c1ccc(-c2csc(N3CCN(C)CC3)n2)c(F)c1)C(=O)N1CC(C(C)C)C2OCC(=O)C21. The average molecular weight is 586 g/mol. The summed E-state index contributed by atoms with van der Waals surface area (Å²) in [6.07, 6.45) is 0.0832. The number of rotatable bonds is 8. The molecular formula is C30H40FN5O4S. The van der Waals surface area contributed by atoms with E-state index in [0.717, 1.165) is 31.3 Å². The number of hydrogen-bond acceptors (Lipinski definition) is 8. The zero-order valence-electron chi connectivity index (χ0n) is 24.4. The van der Waals surface area contributed by atoms with E-state index in [0.29, 0.717) is 24.2 Å². The Kier molecular flexibility index (Phi) is 8.77. The molecule has 0 radical (unpaired) electrons. The molecule has 3 aliphatic rings. The molecule has 2 amide bonds. The predicted molar refractivity (Wildman–Crippen MR) is 157 cm³/mol. The molecule has 3 fully saturated rings. The van der Waals surface area contributed by atoms with Crippen LogP contribution in [0.3, 0.4) is 0 Å². The molecule has 9 nitrogen and oxygen atoms in total. The van der Waals surface area contributed by atoms with Gasteiger partial charge in [0.2, 0.25) is 5.91 Å². The van der Waals surface area contributed by atoms with Crippen molar-refractivity contribution in [1.82, 2.24) is 20.1 Å². The molecular weight excluding hydrogens is 545 g/mol. The number of benzene rings is 1. The minimum Gasteiger partial charge on any atom is -0.367 e. The van der Waals surface area contributed by atoms with Gasteiger partial charge < -0.3 is 24.8 Å². The molecule has 0 spiro atoms. The third-order valence-electron chi connectivity index (χ3n) is 8.45. The van der Waals surface area contributed by atoms with Gasteiger partial charge in [-0.05, 0) is 43.5 Å². The highest BCUT2D eigenvalue weighted by molar-refractivity contribution is 7.14. The maximum Gasteiger partial charge on any atom is 0.252 e. The van der Waals surface area contributed by atoms with Crippen molar-refractivity contribution in [3.8, 4) is 11.3 Å². The van der Waals surface area contributed by atoms with Crippen molar-refractivity contribution in [3.05, 3.63) is 35.0 Å². The second kappa shape index (κ2) is 12.1. The van der Waals surface area contributed by atoms with Crippen LogP contribution < -0.4 is 10.2 Å². The summed E-state index contributed by atoms with van der Waals surface area (Å²) in [4.78, 5) is 50.5. The molecule has 0 saturated carbocycles. The van der Waals surface area contributed by atoms with Crippen LogP contribution in [-0.2, 0) is 14.3 Å².